The Balaban J connectivity index is 1.86. The molecule has 2 aliphatic rings. The van der Waals surface area contributed by atoms with Crippen molar-refractivity contribution in [3.8, 4) is 0 Å². The van der Waals surface area contributed by atoms with Gasteiger partial charge in [-0.25, -0.2) is 8.42 Å². The summed E-state index contributed by atoms with van der Waals surface area (Å²) in [6.45, 7) is 5.61. The highest BCUT2D eigenvalue weighted by atomic mass is 32.2. The van der Waals surface area contributed by atoms with E-state index >= 15 is 0 Å². The molecule has 1 saturated carbocycles. The lowest BCUT2D eigenvalue weighted by Gasteiger charge is -2.34. The third-order valence-electron chi connectivity index (χ3n) is 4.49. The first-order chi connectivity index (χ1) is 8.50. The van der Waals surface area contributed by atoms with Gasteiger partial charge in [0.25, 0.3) is 0 Å². The van der Waals surface area contributed by atoms with Crippen molar-refractivity contribution in [2.75, 3.05) is 25.9 Å². The van der Waals surface area contributed by atoms with Crippen LogP contribution in [0.25, 0.3) is 0 Å². The van der Waals surface area contributed by atoms with Crippen molar-refractivity contribution in [1.29, 1.82) is 0 Å². The van der Waals surface area contributed by atoms with E-state index < -0.39 is 9.84 Å². The third kappa shape index (κ3) is 3.45. The third-order valence-corrected chi connectivity index (χ3v) is 6.15. The number of hydrogen-bond donors (Lipinski definition) is 1. The lowest BCUT2D eigenvalue weighted by atomic mass is 10.0. The number of hydrogen-bond acceptors (Lipinski definition) is 4. The summed E-state index contributed by atoms with van der Waals surface area (Å²) >= 11 is 0. The lowest BCUT2D eigenvalue weighted by molar-refractivity contribution is 0.199. The maximum Gasteiger partial charge on any atom is 0.151 e. The van der Waals surface area contributed by atoms with Gasteiger partial charge in [0.1, 0.15) is 0 Å². The lowest BCUT2D eigenvalue weighted by Crippen LogP contribution is -2.49. The molecule has 0 aromatic rings. The Morgan fingerprint density at radius 1 is 1.17 bits per heavy atom. The van der Waals surface area contributed by atoms with Gasteiger partial charge in [0.2, 0.25) is 0 Å². The SMILES string of the molecule is CCN1CCC(NC2CCCC2S(C)(=O)=O)CC1. The van der Waals surface area contributed by atoms with Gasteiger partial charge < -0.3 is 10.2 Å². The van der Waals surface area contributed by atoms with Crippen molar-refractivity contribution in [2.24, 2.45) is 0 Å². The average molecular weight is 274 g/mol. The van der Waals surface area contributed by atoms with Crippen LogP contribution in [0.1, 0.15) is 39.0 Å². The van der Waals surface area contributed by atoms with E-state index in [0.717, 1.165) is 51.7 Å². The van der Waals surface area contributed by atoms with Crippen LogP contribution in [-0.4, -0.2) is 56.5 Å². The first-order valence-electron chi connectivity index (χ1n) is 7.18. The minimum absolute atomic E-state index is 0.151. The van der Waals surface area contributed by atoms with E-state index in [1.165, 1.54) is 6.26 Å². The Morgan fingerprint density at radius 2 is 1.83 bits per heavy atom. The molecule has 0 radical (unpaired) electrons. The van der Waals surface area contributed by atoms with Gasteiger partial charge in [-0.2, -0.15) is 0 Å². The van der Waals surface area contributed by atoms with Crippen molar-refractivity contribution in [3.05, 3.63) is 0 Å². The number of nitrogens with one attached hydrogen (secondary N) is 1. The molecule has 0 aromatic heterocycles. The van der Waals surface area contributed by atoms with Crippen molar-refractivity contribution in [3.63, 3.8) is 0 Å². The van der Waals surface area contributed by atoms with E-state index in [2.05, 4.69) is 17.1 Å². The average Bonchev–Trinajstić information content (AvgIpc) is 2.78. The first-order valence-corrected chi connectivity index (χ1v) is 9.13. The van der Waals surface area contributed by atoms with Gasteiger partial charge in [-0.1, -0.05) is 13.3 Å². The highest BCUT2D eigenvalue weighted by molar-refractivity contribution is 7.91. The highest BCUT2D eigenvalue weighted by Crippen LogP contribution is 2.26. The molecular weight excluding hydrogens is 248 g/mol. The van der Waals surface area contributed by atoms with Crippen molar-refractivity contribution >= 4 is 9.84 Å². The summed E-state index contributed by atoms with van der Waals surface area (Å²) in [4.78, 5) is 2.46. The predicted molar refractivity (Wildman–Crippen MR) is 74.5 cm³/mol. The summed E-state index contributed by atoms with van der Waals surface area (Å²) in [5.41, 5.74) is 0. The number of sulfone groups is 1. The van der Waals surface area contributed by atoms with Crippen LogP contribution >= 0.6 is 0 Å². The first kappa shape index (κ1) is 14.3. The molecule has 1 heterocycles. The number of likely N-dealkylation sites (tertiary alicyclic amines) is 1. The maximum absolute atomic E-state index is 11.7. The van der Waals surface area contributed by atoms with Gasteiger partial charge in [-0.3, -0.25) is 0 Å². The van der Waals surface area contributed by atoms with E-state index in [-0.39, 0.29) is 11.3 Å². The fourth-order valence-corrected chi connectivity index (χ4v) is 4.75. The molecule has 106 valence electrons. The molecular formula is C13H26N2O2S. The molecule has 0 bridgehead atoms. The quantitative estimate of drug-likeness (QED) is 0.832. The van der Waals surface area contributed by atoms with Gasteiger partial charge in [0, 0.05) is 18.3 Å². The molecule has 1 saturated heterocycles. The predicted octanol–water partition coefficient (Wildman–Crippen LogP) is 1.03. The molecule has 2 atom stereocenters. The Bertz CT molecular complexity index is 361. The minimum Gasteiger partial charge on any atom is -0.310 e. The van der Waals surface area contributed by atoms with Crippen LogP contribution in [0.15, 0.2) is 0 Å². The molecule has 1 aliphatic carbocycles. The zero-order valence-corrected chi connectivity index (χ0v) is 12.4. The van der Waals surface area contributed by atoms with E-state index in [1.54, 1.807) is 0 Å². The van der Waals surface area contributed by atoms with Crippen molar-refractivity contribution in [2.45, 2.75) is 56.4 Å². The molecule has 4 nitrogen and oxygen atoms in total. The summed E-state index contributed by atoms with van der Waals surface area (Å²) in [5, 5.41) is 3.46. The van der Waals surface area contributed by atoms with Gasteiger partial charge in [0.05, 0.1) is 5.25 Å². The summed E-state index contributed by atoms with van der Waals surface area (Å²) in [6.07, 6.45) is 6.60. The molecule has 1 N–H and O–H groups in total. The van der Waals surface area contributed by atoms with Crippen LogP contribution in [0.4, 0.5) is 0 Å². The zero-order valence-electron chi connectivity index (χ0n) is 11.6. The molecule has 2 rings (SSSR count). The summed E-state index contributed by atoms with van der Waals surface area (Å²) in [5.74, 6) is 0. The molecule has 2 unspecified atom stereocenters. The van der Waals surface area contributed by atoms with Gasteiger partial charge in [0.15, 0.2) is 9.84 Å². The summed E-state index contributed by atoms with van der Waals surface area (Å²) in [7, 11) is -2.89. The van der Waals surface area contributed by atoms with E-state index in [9.17, 15) is 8.42 Å². The number of piperidine rings is 1. The molecule has 0 spiro atoms. The normalized spacial score (nSPS) is 31.9. The molecule has 18 heavy (non-hydrogen) atoms. The largest absolute Gasteiger partial charge is 0.310 e. The Hall–Kier alpha value is -0.130. The van der Waals surface area contributed by atoms with Crippen LogP contribution < -0.4 is 5.32 Å². The highest BCUT2D eigenvalue weighted by Gasteiger charge is 2.36. The van der Waals surface area contributed by atoms with Crippen LogP contribution in [0, 0.1) is 0 Å². The van der Waals surface area contributed by atoms with Gasteiger partial charge in [-0.15, -0.1) is 0 Å². The van der Waals surface area contributed by atoms with Crippen LogP contribution in [-0.2, 0) is 9.84 Å². The van der Waals surface area contributed by atoms with Gasteiger partial charge in [-0.05, 0) is 45.3 Å². The molecule has 5 heteroatoms. The smallest absolute Gasteiger partial charge is 0.151 e. The Labute approximate surface area is 111 Å². The minimum atomic E-state index is -2.89. The van der Waals surface area contributed by atoms with Crippen molar-refractivity contribution < 1.29 is 8.42 Å². The topological polar surface area (TPSA) is 49.4 Å². The summed E-state index contributed by atoms with van der Waals surface area (Å²) in [6, 6.07) is 0.707. The molecule has 2 fully saturated rings. The Morgan fingerprint density at radius 3 is 2.39 bits per heavy atom. The van der Waals surface area contributed by atoms with Crippen molar-refractivity contribution in [1.82, 2.24) is 10.2 Å². The van der Waals surface area contributed by atoms with Crippen LogP contribution in [0.5, 0.6) is 0 Å². The van der Waals surface area contributed by atoms with E-state index in [4.69, 9.17) is 0 Å². The second kappa shape index (κ2) is 5.88. The van der Waals surface area contributed by atoms with Crippen LogP contribution in [0.2, 0.25) is 0 Å². The zero-order chi connectivity index (χ0) is 13.2. The fraction of sp³-hybridized carbons (Fsp3) is 1.00. The van der Waals surface area contributed by atoms with E-state index in [1.807, 2.05) is 0 Å². The standard InChI is InChI=1S/C13H26N2O2S/c1-3-15-9-7-11(8-10-15)14-12-5-4-6-13(12)18(2,16)17/h11-14H,3-10H2,1-2H3. The summed E-state index contributed by atoms with van der Waals surface area (Å²) < 4.78 is 23.5. The molecule has 0 amide bonds. The monoisotopic (exact) mass is 274 g/mol. The molecule has 1 aliphatic heterocycles. The fourth-order valence-electron chi connectivity index (χ4n) is 3.35. The second-order valence-corrected chi connectivity index (χ2v) is 8.05. The van der Waals surface area contributed by atoms with Gasteiger partial charge >= 0.3 is 0 Å². The van der Waals surface area contributed by atoms with Crippen LogP contribution in [0.3, 0.4) is 0 Å². The van der Waals surface area contributed by atoms with E-state index in [0.29, 0.717) is 6.04 Å². The second-order valence-electron chi connectivity index (χ2n) is 5.78. The number of nitrogens with zero attached hydrogens (tertiary/aromatic N) is 1. The Kier molecular flexibility index (Phi) is 4.67. The maximum atomic E-state index is 11.7. The number of rotatable bonds is 4. The molecule has 0 aromatic carbocycles.